The number of nitrogens with zero attached hydrogens (tertiary/aromatic N) is 1. The standard InChI is InChI=1S/C22H21N3O/c1-3-13-11-8-12-16-17(13)18-15(4-2)20(22(23)26)25-19(21(18)24-16)14-9-6-5-7-10-14/h5-12,24H,3-4H2,1-2H3,(H2,23,26). The molecule has 2 aromatic carbocycles. The predicted octanol–water partition coefficient (Wildman–Crippen LogP) is 4.61. The summed E-state index contributed by atoms with van der Waals surface area (Å²) in [6.45, 7) is 4.19. The van der Waals surface area contributed by atoms with E-state index in [0.717, 1.165) is 39.7 Å². The number of benzene rings is 2. The van der Waals surface area contributed by atoms with E-state index in [1.54, 1.807) is 0 Å². The molecule has 4 heteroatoms. The molecule has 0 bridgehead atoms. The topological polar surface area (TPSA) is 71.8 Å². The van der Waals surface area contributed by atoms with Crippen molar-refractivity contribution >= 4 is 27.7 Å². The van der Waals surface area contributed by atoms with E-state index in [1.807, 2.05) is 37.3 Å². The molecule has 2 aromatic heterocycles. The first kappa shape index (κ1) is 16.3. The molecule has 0 aliphatic rings. The van der Waals surface area contributed by atoms with Gasteiger partial charge in [-0.2, -0.15) is 0 Å². The fourth-order valence-corrected chi connectivity index (χ4v) is 3.80. The Balaban J connectivity index is 2.25. The van der Waals surface area contributed by atoms with Gasteiger partial charge in [-0.25, -0.2) is 4.98 Å². The molecule has 1 amide bonds. The Bertz CT molecular complexity index is 1130. The Labute approximate surface area is 152 Å². The second-order valence-electron chi connectivity index (χ2n) is 6.44. The fraction of sp³-hybridized carbons (Fsp3) is 0.182. The number of nitrogens with two attached hydrogens (primary N) is 1. The number of aromatic amines is 1. The van der Waals surface area contributed by atoms with Crippen molar-refractivity contribution in [1.29, 1.82) is 0 Å². The number of primary amides is 1. The molecule has 0 aliphatic carbocycles. The van der Waals surface area contributed by atoms with Crippen LogP contribution in [0, 0.1) is 0 Å². The Morgan fingerprint density at radius 3 is 2.42 bits per heavy atom. The van der Waals surface area contributed by atoms with E-state index in [9.17, 15) is 4.79 Å². The van der Waals surface area contributed by atoms with Crippen LogP contribution in [0.4, 0.5) is 0 Å². The van der Waals surface area contributed by atoms with E-state index < -0.39 is 5.91 Å². The number of hydrogen-bond acceptors (Lipinski definition) is 2. The fourth-order valence-electron chi connectivity index (χ4n) is 3.80. The van der Waals surface area contributed by atoms with E-state index in [1.165, 1.54) is 10.9 Å². The Morgan fingerprint density at radius 2 is 1.77 bits per heavy atom. The molecule has 0 saturated carbocycles. The largest absolute Gasteiger partial charge is 0.364 e. The summed E-state index contributed by atoms with van der Waals surface area (Å²) in [5.74, 6) is -0.482. The normalized spacial score (nSPS) is 11.3. The molecule has 0 saturated heterocycles. The van der Waals surface area contributed by atoms with Crippen molar-refractivity contribution in [3.05, 3.63) is 65.4 Å². The van der Waals surface area contributed by atoms with E-state index in [2.05, 4.69) is 35.1 Å². The zero-order valence-electron chi connectivity index (χ0n) is 15.0. The first-order valence-electron chi connectivity index (χ1n) is 8.97. The lowest BCUT2D eigenvalue weighted by molar-refractivity contribution is 0.0995. The minimum Gasteiger partial charge on any atom is -0.364 e. The summed E-state index contributed by atoms with van der Waals surface area (Å²) in [6.07, 6.45) is 1.62. The molecule has 4 aromatic rings. The molecule has 130 valence electrons. The minimum absolute atomic E-state index is 0.366. The lowest BCUT2D eigenvalue weighted by atomic mass is 9.96. The number of rotatable bonds is 4. The molecule has 0 spiro atoms. The van der Waals surface area contributed by atoms with Crippen LogP contribution >= 0.6 is 0 Å². The Morgan fingerprint density at radius 1 is 1.00 bits per heavy atom. The first-order valence-corrected chi connectivity index (χ1v) is 8.97. The third-order valence-electron chi connectivity index (χ3n) is 4.97. The lowest BCUT2D eigenvalue weighted by Gasteiger charge is -2.11. The minimum atomic E-state index is -0.482. The molecule has 0 unspecified atom stereocenters. The van der Waals surface area contributed by atoms with Gasteiger partial charge in [-0.3, -0.25) is 4.79 Å². The van der Waals surface area contributed by atoms with E-state index >= 15 is 0 Å². The quantitative estimate of drug-likeness (QED) is 0.568. The predicted molar refractivity (Wildman–Crippen MR) is 106 cm³/mol. The van der Waals surface area contributed by atoms with Crippen LogP contribution < -0.4 is 5.73 Å². The molecule has 4 nitrogen and oxygen atoms in total. The molecule has 2 heterocycles. The number of aromatic nitrogens is 2. The summed E-state index contributed by atoms with van der Waals surface area (Å²) >= 11 is 0. The van der Waals surface area contributed by atoms with Crippen molar-refractivity contribution in [3.8, 4) is 11.3 Å². The highest BCUT2D eigenvalue weighted by molar-refractivity contribution is 6.16. The maximum Gasteiger partial charge on any atom is 0.267 e. The van der Waals surface area contributed by atoms with Gasteiger partial charge in [0.25, 0.3) is 5.91 Å². The average molecular weight is 343 g/mol. The number of pyridine rings is 1. The third kappa shape index (κ3) is 2.37. The number of amides is 1. The van der Waals surface area contributed by atoms with Gasteiger partial charge in [0.05, 0.1) is 11.2 Å². The van der Waals surface area contributed by atoms with Crippen molar-refractivity contribution in [2.45, 2.75) is 26.7 Å². The van der Waals surface area contributed by atoms with Gasteiger partial charge in [-0.15, -0.1) is 0 Å². The summed E-state index contributed by atoms with van der Waals surface area (Å²) in [5, 5.41) is 2.24. The molecular weight excluding hydrogens is 322 g/mol. The molecule has 0 radical (unpaired) electrons. The highest BCUT2D eigenvalue weighted by Gasteiger charge is 2.21. The van der Waals surface area contributed by atoms with E-state index in [4.69, 9.17) is 5.73 Å². The van der Waals surface area contributed by atoms with Gasteiger partial charge < -0.3 is 10.7 Å². The molecule has 0 fully saturated rings. The van der Waals surface area contributed by atoms with E-state index in [0.29, 0.717) is 12.1 Å². The number of carbonyl (C=O) groups is 1. The van der Waals surface area contributed by atoms with Crippen LogP contribution in [-0.2, 0) is 12.8 Å². The van der Waals surface area contributed by atoms with Crippen molar-refractivity contribution in [2.75, 3.05) is 0 Å². The highest BCUT2D eigenvalue weighted by Crippen LogP contribution is 2.37. The molecule has 3 N–H and O–H groups in total. The summed E-state index contributed by atoms with van der Waals surface area (Å²) in [4.78, 5) is 20.4. The van der Waals surface area contributed by atoms with E-state index in [-0.39, 0.29) is 0 Å². The van der Waals surface area contributed by atoms with Gasteiger partial charge in [0.1, 0.15) is 5.69 Å². The number of nitrogens with one attached hydrogen (secondary N) is 1. The Hall–Kier alpha value is -3.14. The zero-order valence-corrected chi connectivity index (χ0v) is 15.0. The van der Waals surface area contributed by atoms with Gasteiger partial charge in [0, 0.05) is 21.9 Å². The lowest BCUT2D eigenvalue weighted by Crippen LogP contribution is -2.16. The van der Waals surface area contributed by atoms with Crippen LogP contribution in [0.1, 0.15) is 35.5 Å². The van der Waals surface area contributed by atoms with Crippen molar-refractivity contribution in [1.82, 2.24) is 9.97 Å². The van der Waals surface area contributed by atoms with Crippen LogP contribution in [0.2, 0.25) is 0 Å². The summed E-state index contributed by atoms with van der Waals surface area (Å²) in [5.41, 5.74) is 12.0. The monoisotopic (exact) mass is 343 g/mol. The molecule has 0 aliphatic heterocycles. The SMILES string of the molecule is CCc1cccc2[nH]c3c(-c4ccccc4)nc(C(N)=O)c(CC)c3c12. The summed E-state index contributed by atoms with van der Waals surface area (Å²) in [7, 11) is 0. The van der Waals surface area contributed by atoms with Crippen LogP contribution in [0.25, 0.3) is 33.1 Å². The Kier molecular flexibility index (Phi) is 3.96. The maximum absolute atomic E-state index is 12.2. The second-order valence-corrected chi connectivity index (χ2v) is 6.44. The van der Waals surface area contributed by atoms with Gasteiger partial charge in [0.15, 0.2) is 0 Å². The van der Waals surface area contributed by atoms with Gasteiger partial charge in [0.2, 0.25) is 0 Å². The molecular formula is C22H21N3O. The maximum atomic E-state index is 12.2. The van der Waals surface area contributed by atoms with Crippen molar-refractivity contribution in [2.24, 2.45) is 5.73 Å². The third-order valence-corrected chi connectivity index (χ3v) is 4.97. The zero-order chi connectivity index (χ0) is 18.3. The van der Waals surface area contributed by atoms with Crippen LogP contribution in [0.5, 0.6) is 0 Å². The van der Waals surface area contributed by atoms with Gasteiger partial charge in [-0.1, -0.05) is 56.3 Å². The second kappa shape index (κ2) is 6.30. The van der Waals surface area contributed by atoms with Gasteiger partial charge >= 0.3 is 0 Å². The molecule has 0 atom stereocenters. The number of hydrogen-bond donors (Lipinski definition) is 2. The van der Waals surface area contributed by atoms with Crippen LogP contribution in [0.3, 0.4) is 0 Å². The number of H-pyrrole nitrogens is 1. The smallest absolute Gasteiger partial charge is 0.267 e. The van der Waals surface area contributed by atoms with Crippen molar-refractivity contribution < 1.29 is 4.79 Å². The molecule has 4 rings (SSSR count). The first-order chi connectivity index (χ1) is 12.7. The van der Waals surface area contributed by atoms with Crippen LogP contribution in [-0.4, -0.2) is 15.9 Å². The highest BCUT2D eigenvalue weighted by atomic mass is 16.1. The number of aryl methyl sites for hydroxylation is 2. The summed E-state index contributed by atoms with van der Waals surface area (Å²) in [6, 6.07) is 16.2. The average Bonchev–Trinajstić information content (AvgIpc) is 3.06. The number of fused-ring (bicyclic) bond motifs is 3. The van der Waals surface area contributed by atoms with Crippen molar-refractivity contribution in [3.63, 3.8) is 0 Å². The molecule has 26 heavy (non-hydrogen) atoms. The van der Waals surface area contributed by atoms with Gasteiger partial charge in [-0.05, 0) is 30.0 Å². The summed E-state index contributed by atoms with van der Waals surface area (Å²) < 4.78 is 0. The number of carbonyl (C=O) groups excluding carboxylic acids is 1. The van der Waals surface area contributed by atoms with Crippen LogP contribution in [0.15, 0.2) is 48.5 Å².